The Labute approximate surface area is 168 Å². The van der Waals surface area contributed by atoms with E-state index in [-0.39, 0.29) is 11.5 Å². The van der Waals surface area contributed by atoms with Gasteiger partial charge in [-0.3, -0.25) is 19.7 Å². The van der Waals surface area contributed by atoms with Crippen molar-refractivity contribution in [2.24, 2.45) is 0 Å². The van der Waals surface area contributed by atoms with E-state index in [0.717, 1.165) is 36.7 Å². The molecular weight excluding hydrogens is 373 g/mol. The van der Waals surface area contributed by atoms with Gasteiger partial charge in [-0.1, -0.05) is 18.2 Å². The molecule has 0 fully saturated rings. The molecule has 2 heterocycles. The first-order valence-corrected chi connectivity index (χ1v) is 9.93. The number of rotatable bonds is 4. The largest absolute Gasteiger partial charge is 0.312 e. The fourth-order valence-corrected chi connectivity index (χ4v) is 4.26. The number of aryl methyl sites for hydroxylation is 1. The van der Waals surface area contributed by atoms with Crippen LogP contribution < -0.4 is 10.4 Å². The van der Waals surface area contributed by atoms with Crippen LogP contribution in [0.2, 0.25) is 0 Å². The summed E-state index contributed by atoms with van der Waals surface area (Å²) in [6.45, 7) is 2.45. The Morgan fingerprint density at radius 2 is 1.93 bits per heavy atom. The molecule has 2 aliphatic heterocycles. The number of halogens is 1. The van der Waals surface area contributed by atoms with Crippen LogP contribution in [0.3, 0.4) is 0 Å². The van der Waals surface area contributed by atoms with Gasteiger partial charge in [0.2, 0.25) is 5.91 Å². The van der Waals surface area contributed by atoms with Gasteiger partial charge in [-0.05, 0) is 55.1 Å². The van der Waals surface area contributed by atoms with E-state index in [1.165, 1.54) is 5.56 Å². The molecule has 0 saturated heterocycles. The van der Waals surface area contributed by atoms with Crippen molar-refractivity contribution < 1.29 is 19.2 Å². The number of carbonyl (C=O) groups is 2. The van der Waals surface area contributed by atoms with Gasteiger partial charge >= 0.3 is 0 Å². The zero-order valence-electron chi connectivity index (χ0n) is 16.2. The predicted molar refractivity (Wildman–Crippen MR) is 106 cm³/mol. The Morgan fingerprint density at radius 1 is 1.10 bits per heavy atom. The van der Waals surface area contributed by atoms with Gasteiger partial charge in [0.05, 0.1) is 0 Å². The molecule has 0 bridgehead atoms. The lowest BCUT2D eigenvalue weighted by atomic mass is 10.00. The van der Waals surface area contributed by atoms with Crippen LogP contribution >= 0.6 is 0 Å². The highest BCUT2D eigenvalue weighted by atomic mass is 19.1. The van der Waals surface area contributed by atoms with E-state index in [1.807, 2.05) is 23.1 Å². The topological polar surface area (TPSA) is 72.9 Å². The number of carbonyl (C=O) groups excluding carboxylic acids is 2. The summed E-state index contributed by atoms with van der Waals surface area (Å²) in [5.41, 5.74) is 5.21. The highest BCUT2D eigenvalue weighted by Gasteiger charge is 2.25. The maximum absolute atomic E-state index is 14.6. The molecule has 2 amide bonds. The molecule has 2 N–H and O–H groups in total. The number of benzene rings is 2. The lowest BCUT2D eigenvalue weighted by molar-refractivity contribution is -0.118. The van der Waals surface area contributed by atoms with Crippen LogP contribution in [-0.2, 0) is 24.2 Å². The number of hydrogen-bond donors (Lipinski definition) is 2. The van der Waals surface area contributed by atoms with Crippen LogP contribution in [0.15, 0.2) is 36.4 Å². The molecule has 0 radical (unpaired) electrons. The number of para-hydroxylation sites is 1. The monoisotopic (exact) mass is 397 g/mol. The van der Waals surface area contributed by atoms with E-state index in [0.29, 0.717) is 38.0 Å². The average Bonchev–Trinajstić information content (AvgIpc) is 3.05. The van der Waals surface area contributed by atoms with E-state index in [9.17, 15) is 14.0 Å². The quantitative estimate of drug-likeness (QED) is 0.615. The van der Waals surface area contributed by atoms with Gasteiger partial charge in [0.25, 0.3) is 5.91 Å². The van der Waals surface area contributed by atoms with Crippen molar-refractivity contribution in [1.82, 2.24) is 10.4 Å². The summed E-state index contributed by atoms with van der Waals surface area (Å²) in [7, 11) is 0. The molecule has 0 atom stereocenters. The van der Waals surface area contributed by atoms with Gasteiger partial charge in [0.1, 0.15) is 5.82 Å². The number of anilines is 1. The van der Waals surface area contributed by atoms with Crippen LogP contribution in [0.25, 0.3) is 0 Å². The molecule has 4 rings (SSSR count). The summed E-state index contributed by atoms with van der Waals surface area (Å²) in [5, 5.41) is 8.79. The molecule has 29 heavy (non-hydrogen) atoms. The molecule has 0 aromatic heterocycles. The molecular formula is C22H24FN3O3. The second-order valence-corrected chi connectivity index (χ2v) is 7.59. The first-order valence-electron chi connectivity index (χ1n) is 9.93. The third kappa shape index (κ3) is 4.02. The van der Waals surface area contributed by atoms with E-state index in [4.69, 9.17) is 5.21 Å². The standard InChI is InChI=1S/C22H24FN3O3/c23-19-13-17(22(28)24-29)12-16-5-3-9-25(14-18(16)19)10-8-21(27)26-11-7-15-4-1-2-6-20(15)26/h1-2,4,6,12-13,29H,3,5,7-11,14H2,(H,24,28). The molecule has 0 spiro atoms. The van der Waals surface area contributed by atoms with Crippen LogP contribution in [0.1, 0.15) is 39.9 Å². The van der Waals surface area contributed by atoms with E-state index in [2.05, 4.69) is 11.0 Å². The van der Waals surface area contributed by atoms with Gasteiger partial charge < -0.3 is 4.90 Å². The number of nitrogens with zero attached hydrogens (tertiary/aromatic N) is 2. The Bertz CT molecular complexity index is 947. The molecule has 2 aliphatic rings. The molecule has 0 saturated carbocycles. The maximum atomic E-state index is 14.6. The third-order valence-corrected chi connectivity index (χ3v) is 5.78. The van der Waals surface area contributed by atoms with Crippen LogP contribution in [0.4, 0.5) is 10.1 Å². The number of fused-ring (bicyclic) bond motifs is 2. The number of amides is 2. The Kier molecular flexibility index (Phi) is 5.60. The van der Waals surface area contributed by atoms with Gasteiger partial charge in [0.15, 0.2) is 0 Å². The van der Waals surface area contributed by atoms with E-state index in [1.54, 1.807) is 11.5 Å². The van der Waals surface area contributed by atoms with Crippen molar-refractivity contribution in [2.45, 2.75) is 32.2 Å². The zero-order chi connectivity index (χ0) is 20.4. The van der Waals surface area contributed by atoms with Gasteiger partial charge in [-0.2, -0.15) is 0 Å². The molecule has 6 nitrogen and oxygen atoms in total. The SMILES string of the molecule is O=C(NO)c1cc(F)c2c(c1)CCCN(CCC(=O)N1CCc3ccccc31)C2. The molecule has 2 aromatic rings. The smallest absolute Gasteiger partial charge is 0.274 e. The fourth-order valence-electron chi connectivity index (χ4n) is 4.26. The number of hydrogen-bond acceptors (Lipinski definition) is 4. The van der Waals surface area contributed by atoms with E-state index < -0.39 is 11.7 Å². The van der Waals surface area contributed by atoms with Crippen molar-refractivity contribution in [1.29, 1.82) is 0 Å². The molecule has 152 valence electrons. The fraction of sp³-hybridized carbons (Fsp3) is 0.364. The average molecular weight is 397 g/mol. The van der Waals surface area contributed by atoms with Crippen molar-refractivity contribution in [3.05, 3.63) is 64.5 Å². The van der Waals surface area contributed by atoms with Crippen molar-refractivity contribution >= 4 is 17.5 Å². The number of nitrogens with one attached hydrogen (secondary N) is 1. The highest BCUT2D eigenvalue weighted by molar-refractivity contribution is 5.95. The van der Waals surface area contributed by atoms with Crippen molar-refractivity contribution in [2.75, 3.05) is 24.5 Å². The Morgan fingerprint density at radius 3 is 2.76 bits per heavy atom. The summed E-state index contributed by atoms with van der Waals surface area (Å²) >= 11 is 0. The molecule has 0 unspecified atom stereocenters. The Balaban J connectivity index is 1.42. The zero-order valence-corrected chi connectivity index (χ0v) is 16.2. The van der Waals surface area contributed by atoms with Crippen molar-refractivity contribution in [3.63, 3.8) is 0 Å². The minimum Gasteiger partial charge on any atom is -0.312 e. The minimum atomic E-state index is -0.718. The van der Waals surface area contributed by atoms with Gasteiger partial charge in [-0.15, -0.1) is 0 Å². The first-order chi connectivity index (χ1) is 14.1. The van der Waals surface area contributed by atoms with Crippen molar-refractivity contribution in [3.8, 4) is 0 Å². The summed E-state index contributed by atoms with van der Waals surface area (Å²) in [4.78, 5) is 28.3. The van der Waals surface area contributed by atoms with Crippen LogP contribution in [0.5, 0.6) is 0 Å². The molecule has 0 aliphatic carbocycles. The number of hydroxylamine groups is 1. The lowest BCUT2D eigenvalue weighted by Crippen LogP contribution is -2.33. The summed E-state index contributed by atoms with van der Waals surface area (Å²) in [5.74, 6) is -1.08. The molecule has 2 aromatic carbocycles. The summed E-state index contributed by atoms with van der Waals surface area (Å²) < 4.78 is 14.6. The summed E-state index contributed by atoms with van der Waals surface area (Å²) in [6.07, 6.45) is 2.74. The third-order valence-electron chi connectivity index (χ3n) is 5.78. The normalized spacial score (nSPS) is 16.1. The predicted octanol–water partition coefficient (Wildman–Crippen LogP) is 2.67. The van der Waals surface area contributed by atoms with Crippen LogP contribution in [-0.4, -0.2) is 41.6 Å². The summed E-state index contributed by atoms with van der Waals surface area (Å²) in [6, 6.07) is 10.8. The lowest BCUT2D eigenvalue weighted by Gasteiger charge is -2.23. The highest BCUT2D eigenvalue weighted by Crippen LogP contribution is 2.28. The first kappa shape index (κ1) is 19.5. The van der Waals surface area contributed by atoms with Crippen LogP contribution in [0, 0.1) is 5.82 Å². The second kappa shape index (κ2) is 8.31. The van der Waals surface area contributed by atoms with E-state index >= 15 is 0 Å². The van der Waals surface area contributed by atoms with Gasteiger partial charge in [0, 0.05) is 42.9 Å². The molecule has 7 heteroatoms. The van der Waals surface area contributed by atoms with Gasteiger partial charge in [-0.25, -0.2) is 9.87 Å². The second-order valence-electron chi connectivity index (χ2n) is 7.59. The maximum Gasteiger partial charge on any atom is 0.274 e. The Hall–Kier alpha value is -2.77. The minimum absolute atomic E-state index is 0.0925.